The first-order valence-corrected chi connectivity index (χ1v) is 8.05. The number of benzene rings is 1. The minimum absolute atomic E-state index is 0.00317. The summed E-state index contributed by atoms with van der Waals surface area (Å²) >= 11 is 3.37. The summed E-state index contributed by atoms with van der Waals surface area (Å²) in [5, 5.41) is 0. The van der Waals surface area contributed by atoms with Crippen LogP contribution in [-0.2, 0) is 10.0 Å². The van der Waals surface area contributed by atoms with Crippen LogP contribution in [0.2, 0.25) is 0 Å². The fourth-order valence-electron chi connectivity index (χ4n) is 1.73. The summed E-state index contributed by atoms with van der Waals surface area (Å²) in [5.74, 6) is -0.553. The topological polar surface area (TPSA) is 46.2 Å². The smallest absolute Gasteiger partial charge is 0.208 e. The molecule has 0 saturated carbocycles. The number of halogens is 2. The fourth-order valence-corrected chi connectivity index (χ4v) is 3.80. The van der Waals surface area contributed by atoms with Crippen LogP contribution in [-0.4, -0.2) is 19.3 Å². The van der Waals surface area contributed by atoms with Crippen molar-refractivity contribution in [2.24, 2.45) is 0 Å². The van der Waals surface area contributed by atoms with Crippen LogP contribution in [0.5, 0.6) is 0 Å². The summed E-state index contributed by atoms with van der Waals surface area (Å²) < 4.78 is 39.9. The molecule has 1 N–H and O–H groups in total. The number of hydrogen-bond donors (Lipinski definition) is 1. The van der Waals surface area contributed by atoms with Crippen molar-refractivity contribution in [2.45, 2.75) is 43.0 Å². The van der Waals surface area contributed by atoms with Gasteiger partial charge in [-0.3, -0.25) is 0 Å². The highest BCUT2D eigenvalue weighted by atomic mass is 79.9. The monoisotopic (exact) mass is 337 g/mol. The molecule has 3 nitrogen and oxygen atoms in total. The standard InChI is InChI=1S/C12H17BrFNO2S/c1-8-4-5-11(14)7-12(8)18(16,17)15-10(3)6-9(2)13/h4-5,7,9-10,15H,6H2,1-3H3. The molecule has 0 aliphatic rings. The molecule has 0 fully saturated rings. The van der Waals surface area contributed by atoms with E-state index in [-0.39, 0.29) is 15.8 Å². The van der Waals surface area contributed by atoms with Gasteiger partial charge >= 0.3 is 0 Å². The van der Waals surface area contributed by atoms with Crippen LogP contribution >= 0.6 is 15.9 Å². The normalized spacial score (nSPS) is 15.4. The maximum atomic E-state index is 13.1. The number of alkyl halides is 1. The van der Waals surface area contributed by atoms with Gasteiger partial charge in [-0.1, -0.05) is 28.9 Å². The van der Waals surface area contributed by atoms with Crippen molar-refractivity contribution in [3.63, 3.8) is 0 Å². The molecule has 0 aliphatic heterocycles. The molecule has 0 amide bonds. The maximum Gasteiger partial charge on any atom is 0.241 e. The van der Waals surface area contributed by atoms with Crippen LogP contribution in [0.15, 0.2) is 23.1 Å². The molecule has 102 valence electrons. The highest BCUT2D eigenvalue weighted by Gasteiger charge is 2.20. The van der Waals surface area contributed by atoms with Gasteiger partial charge in [-0.2, -0.15) is 0 Å². The second-order valence-corrected chi connectivity index (χ2v) is 7.69. The van der Waals surface area contributed by atoms with E-state index in [4.69, 9.17) is 0 Å². The van der Waals surface area contributed by atoms with Crippen LogP contribution in [0.25, 0.3) is 0 Å². The Bertz CT molecular complexity index is 517. The van der Waals surface area contributed by atoms with Crippen LogP contribution in [0.3, 0.4) is 0 Å². The third-order valence-corrected chi connectivity index (χ3v) is 4.58. The molecule has 2 unspecified atom stereocenters. The zero-order valence-corrected chi connectivity index (χ0v) is 13.0. The van der Waals surface area contributed by atoms with Gasteiger partial charge in [0.1, 0.15) is 5.82 Å². The molecule has 0 aromatic heterocycles. The Balaban J connectivity index is 2.96. The van der Waals surface area contributed by atoms with E-state index in [0.717, 1.165) is 6.07 Å². The van der Waals surface area contributed by atoms with E-state index in [0.29, 0.717) is 12.0 Å². The summed E-state index contributed by atoms with van der Waals surface area (Å²) in [6, 6.07) is 3.54. The van der Waals surface area contributed by atoms with Crippen molar-refractivity contribution in [3.8, 4) is 0 Å². The maximum absolute atomic E-state index is 13.1. The number of sulfonamides is 1. The molecular formula is C12H17BrFNO2S. The zero-order valence-electron chi connectivity index (χ0n) is 10.6. The molecular weight excluding hydrogens is 321 g/mol. The summed E-state index contributed by atoms with van der Waals surface area (Å²) in [6.45, 7) is 5.37. The zero-order chi connectivity index (χ0) is 13.9. The van der Waals surface area contributed by atoms with Crippen LogP contribution in [0, 0.1) is 12.7 Å². The molecule has 1 rings (SSSR count). The Hall–Kier alpha value is -0.460. The van der Waals surface area contributed by atoms with E-state index in [9.17, 15) is 12.8 Å². The minimum Gasteiger partial charge on any atom is -0.208 e. The molecule has 0 heterocycles. The largest absolute Gasteiger partial charge is 0.241 e. The molecule has 1 aromatic rings. The van der Waals surface area contributed by atoms with Gasteiger partial charge in [0.15, 0.2) is 0 Å². The lowest BCUT2D eigenvalue weighted by Gasteiger charge is -2.16. The molecule has 6 heteroatoms. The number of aryl methyl sites for hydroxylation is 1. The summed E-state index contributed by atoms with van der Waals surface area (Å²) in [7, 11) is -3.67. The summed E-state index contributed by atoms with van der Waals surface area (Å²) in [5.41, 5.74) is 0.531. The minimum atomic E-state index is -3.67. The second kappa shape index (κ2) is 6.12. The van der Waals surface area contributed by atoms with Gasteiger partial charge in [0, 0.05) is 10.9 Å². The predicted molar refractivity (Wildman–Crippen MR) is 73.9 cm³/mol. The van der Waals surface area contributed by atoms with Gasteiger partial charge in [0.25, 0.3) is 0 Å². The number of rotatable bonds is 5. The van der Waals surface area contributed by atoms with Crippen molar-refractivity contribution in [1.29, 1.82) is 0 Å². The number of nitrogens with one attached hydrogen (secondary N) is 1. The third-order valence-electron chi connectivity index (χ3n) is 2.47. The van der Waals surface area contributed by atoms with E-state index < -0.39 is 15.8 Å². The van der Waals surface area contributed by atoms with E-state index in [1.165, 1.54) is 12.1 Å². The van der Waals surface area contributed by atoms with Crippen LogP contribution in [0.4, 0.5) is 4.39 Å². The van der Waals surface area contributed by atoms with Gasteiger partial charge < -0.3 is 0 Å². The Morgan fingerprint density at radius 2 is 2.00 bits per heavy atom. The van der Waals surface area contributed by atoms with Crippen LogP contribution in [0.1, 0.15) is 25.8 Å². The third kappa shape index (κ3) is 4.33. The van der Waals surface area contributed by atoms with Crippen molar-refractivity contribution in [3.05, 3.63) is 29.6 Å². The van der Waals surface area contributed by atoms with Crippen molar-refractivity contribution >= 4 is 26.0 Å². The molecule has 0 saturated heterocycles. The molecule has 0 bridgehead atoms. The van der Waals surface area contributed by atoms with Gasteiger partial charge in [0.05, 0.1) is 4.90 Å². The molecule has 1 aromatic carbocycles. The van der Waals surface area contributed by atoms with E-state index in [2.05, 4.69) is 20.7 Å². The molecule has 2 atom stereocenters. The van der Waals surface area contributed by atoms with Crippen LogP contribution < -0.4 is 4.72 Å². The SMILES string of the molecule is Cc1ccc(F)cc1S(=O)(=O)NC(C)CC(C)Br. The Morgan fingerprint density at radius 3 is 2.56 bits per heavy atom. The average Bonchev–Trinajstić information content (AvgIpc) is 2.19. The van der Waals surface area contributed by atoms with Gasteiger partial charge in [-0.25, -0.2) is 17.5 Å². The lowest BCUT2D eigenvalue weighted by atomic mass is 10.2. The fraction of sp³-hybridized carbons (Fsp3) is 0.500. The van der Waals surface area contributed by atoms with Crippen molar-refractivity contribution in [2.75, 3.05) is 0 Å². The van der Waals surface area contributed by atoms with E-state index in [1.54, 1.807) is 13.8 Å². The Labute approximate surface area is 116 Å². The highest BCUT2D eigenvalue weighted by Crippen LogP contribution is 2.17. The first kappa shape index (κ1) is 15.6. The lowest BCUT2D eigenvalue weighted by molar-refractivity contribution is 0.545. The second-order valence-electron chi connectivity index (χ2n) is 4.45. The summed E-state index contributed by atoms with van der Waals surface area (Å²) in [4.78, 5) is 0.209. The lowest BCUT2D eigenvalue weighted by Crippen LogP contribution is -2.34. The molecule has 18 heavy (non-hydrogen) atoms. The van der Waals surface area contributed by atoms with Gasteiger partial charge in [-0.05, 0) is 38.0 Å². The highest BCUT2D eigenvalue weighted by molar-refractivity contribution is 9.09. The van der Waals surface area contributed by atoms with Gasteiger partial charge in [0.2, 0.25) is 10.0 Å². The van der Waals surface area contributed by atoms with Crippen molar-refractivity contribution in [1.82, 2.24) is 4.72 Å². The van der Waals surface area contributed by atoms with E-state index >= 15 is 0 Å². The Morgan fingerprint density at radius 1 is 1.39 bits per heavy atom. The molecule has 0 radical (unpaired) electrons. The van der Waals surface area contributed by atoms with Crippen molar-refractivity contribution < 1.29 is 12.8 Å². The molecule has 0 spiro atoms. The first-order chi connectivity index (χ1) is 8.22. The quantitative estimate of drug-likeness (QED) is 0.839. The number of hydrogen-bond acceptors (Lipinski definition) is 2. The first-order valence-electron chi connectivity index (χ1n) is 5.65. The Kier molecular flexibility index (Phi) is 5.31. The summed E-state index contributed by atoms with van der Waals surface area (Å²) in [6.07, 6.45) is 0.660. The molecule has 0 aliphatic carbocycles. The van der Waals surface area contributed by atoms with Gasteiger partial charge in [-0.15, -0.1) is 0 Å². The van der Waals surface area contributed by atoms with E-state index in [1.807, 2.05) is 6.92 Å². The predicted octanol–water partition coefficient (Wildman–Crippen LogP) is 2.97. The average molecular weight is 338 g/mol.